The Balaban J connectivity index is 2.09. The molecule has 1 heterocycles. The second kappa shape index (κ2) is 4.49. The van der Waals surface area contributed by atoms with Crippen LogP contribution in [0.25, 0.3) is 0 Å². The van der Waals surface area contributed by atoms with Crippen LogP contribution in [0.3, 0.4) is 0 Å². The smallest absolute Gasteiger partial charge is 0.322 e. The van der Waals surface area contributed by atoms with Crippen molar-refractivity contribution in [3.63, 3.8) is 0 Å². The number of carboxylic acids is 1. The van der Waals surface area contributed by atoms with Crippen LogP contribution in [0, 0.1) is 5.82 Å². The van der Waals surface area contributed by atoms with Crippen molar-refractivity contribution in [2.75, 3.05) is 24.5 Å². The Morgan fingerprint density at radius 3 is 2.75 bits per heavy atom. The van der Waals surface area contributed by atoms with Gasteiger partial charge in [0, 0.05) is 25.3 Å². The lowest BCUT2D eigenvalue weighted by molar-refractivity contribution is -0.139. The van der Waals surface area contributed by atoms with Gasteiger partial charge in [0.05, 0.1) is 0 Å². The summed E-state index contributed by atoms with van der Waals surface area (Å²) in [6, 6.07) is 5.54. The van der Waals surface area contributed by atoms with Crippen LogP contribution >= 0.6 is 0 Å². The number of piperazine rings is 1. The molecule has 0 spiro atoms. The van der Waals surface area contributed by atoms with Gasteiger partial charge < -0.3 is 15.3 Å². The summed E-state index contributed by atoms with van der Waals surface area (Å²) in [7, 11) is 0. The zero-order valence-corrected chi connectivity index (χ0v) is 8.69. The van der Waals surface area contributed by atoms with E-state index in [2.05, 4.69) is 5.32 Å². The summed E-state index contributed by atoms with van der Waals surface area (Å²) in [5.74, 6) is -1.14. The molecule has 1 aliphatic heterocycles. The van der Waals surface area contributed by atoms with E-state index in [4.69, 9.17) is 5.11 Å². The number of anilines is 1. The number of nitrogens with zero attached hydrogens (tertiary/aromatic N) is 1. The van der Waals surface area contributed by atoms with Gasteiger partial charge in [-0.25, -0.2) is 4.39 Å². The maximum atomic E-state index is 12.7. The molecule has 0 bridgehead atoms. The number of benzene rings is 1. The molecule has 1 saturated heterocycles. The van der Waals surface area contributed by atoms with E-state index in [0.29, 0.717) is 13.1 Å². The number of hydrogen-bond acceptors (Lipinski definition) is 3. The van der Waals surface area contributed by atoms with E-state index in [1.165, 1.54) is 12.1 Å². The van der Waals surface area contributed by atoms with Crippen molar-refractivity contribution in [3.05, 3.63) is 30.1 Å². The number of nitrogens with one attached hydrogen (secondary N) is 1. The molecular formula is C11H13FN2O2. The van der Waals surface area contributed by atoms with Crippen LogP contribution in [0.4, 0.5) is 10.1 Å². The molecule has 1 fully saturated rings. The Morgan fingerprint density at radius 1 is 1.44 bits per heavy atom. The van der Waals surface area contributed by atoms with E-state index in [1.807, 2.05) is 4.90 Å². The normalized spacial score (nSPS) is 20.8. The second-order valence-electron chi connectivity index (χ2n) is 3.77. The van der Waals surface area contributed by atoms with Gasteiger partial charge in [-0.05, 0) is 24.3 Å². The Morgan fingerprint density at radius 2 is 2.12 bits per heavy atom. The molecule has 4 nitrogen and oxygen atoms in total. The highest BCUT2D eigenvalue weighted by molar-refractivity contribution is 5.75. The average Bonchev–Trinajstić information content (AvgIpc) is 2.30. The molecule has 5 heteroatoms. The molecule has 0 aliphatic carbocycles. The first-order chi connectivity index (χ1) is 7.66. The zero-order valence-electron chi connectivity index (χ0n) is 8.69. The van der Waals surface area contributed by atoms with Gasteiger partial charge in [-0.3, -0.25) is 4.79 Å². The van der Waals surface area contributed by atoms with Crippen molar-refractivity contribution in [2.24, 2.45) is 0 Å². The first kappa shape index (κ1) is 10.9. The molecule has 2 N–H and O–H groups in total. The summed E-state index contributed by atoms with van der Waals surface area (Å²) in [6.45, 7) is 1.75. The number of carbonyl (C=O) groups is 1. The number of hydrogen-bond donors (Lipinski definition) is 2. The van der Waals surface area contributed by atoms with E-state index < -0.39 is 12.0 Å². The second-order valence-corrected chi connectivity index (χ2v) is 3.77. The van der Waals surface area contributed by atoms with E-state index >= 15 is 0 Å². The van der Waals surface area contributed by atoms with Crippen LogP contribution in [0.1, 0.15) is 0 Å². The van der Waals surface area contributed by atoms with Crippen LogP contribution in [0.15, 0.2) is 24.3 Å². The van der Waals surface area contributed by atoms with Gasteiger partial charge in [0.1, 0.15) is 11.9 Å². The summed E-state index contributed by atoms with van der Waals surface area (Å²) in [5, 5.41) is 11.8. The summed E-state index contributed by atoms with van der Waals surface area (Å²) >= 11 is 0. The van der Waals surface area contributed by atoms with Crippen LogP contribution in [0.5, 0.6) is 0 Å². The van der Waals surface area contributed by atoms with E-state index in [9.17, 15) is 9.18 Å². The minimum atomic E-state index is -0.855. The molecule has 1 aliphatic rings. The summed E-state index contributed by atoms with van der Waals surface area (Å²) in [5.41, 5.74) is 0.856. The molecule has 0 saturated carbocycles. The quantitative estimate of drug-likeness (QED) is 0.776. The van der Waals surface area contributed by atoms with Crippen molar-refractivity contribution >= 4 is 11.7 Å². The molecule has 0 aromatic heterocycles. The predicted molar refractivity (Wildman–Crippen MR) is 58.0 cm³/mol. The number of aliphatic carboxylic acids is 1. The third kappa shape index (κ3) is 2.30. The third-order valence-corrected chi connectivity index (χ3v) is 2.67. The SMILES string of the molecule is O=C(O)C1CN(c2ccc(F)cc2)CCN1. The third-order valence-electron chi connectivity index (χ3n) is 2.67. The van der Waals surface area contributed by atoms with Crippen LogP contribution in [-0.4, -0.2) is 36.8 Å². The standard InChI is InChI=1S/C11H13FN2O2/c12-8-1-3-9(4-2-8)14-6-5-13-10(7-14)11(15)16/h1-4,10,13H,5-7H2,(H,15,16). The van der Waals surface area contributed by atoms with Gasteiger partial charge in [0.25, 0.3) is 0 Å². The summed E-state index contributed by atoms with van der Waals surface area (Å²) in [4.78, 5) is 12.8. The maximum absolute atomic E-state index is 12.7. The summed E-state index contributed by atoms with van der Waals surface area (Å²) in [6.07, 6.45) is 0. The molecule has 1 aromatic carbocycles. The minimum Gasteiger partial charge on any atom is -0.480 e. The van der Waals surface area contributed by atoms with Gasteiger partial charge in [0.2, 0.25) is 0 Å². The molecule has 86 valence electrons. The largest absolute Gasteiger partial charge is 0.480 e. The average molecular weight is 224 g/mol. The number of rotatable bonds is 2. The van der Waals surface area contributed by atoms with Crippen LogP contribution < -0.4 is 10.2 Å². The summed E-state index contributed by atoms with van der Waals surface area (Å²) < 4.78 is 12.7. The Labute approximate surface area is 92.7 Å². The highest BCUT2D eigenvalue weighted by Crippen LogP contribution is 2.16. The van der Waals surface area contributed by atoms with E-state index in [1.54, 1.807) is 12.1 Å². The molecule has 16 heavy (non-hydrogen) atoms. The molecule has 1 unspecified atom stereocenters. The molecule has 1 aromatic rings. The zero-order chi connectivity index (χ0) is 11.5. The lowest BCUT2D eigenvalue weighted by atomic mass is 10.2. The fraction of sp³-hybridized carbons (Fsp3) is 0.364. The first-order valence-corrected chi connectivity index (χ1v) is 5.13. The van der Waals surface area contributed by atoms with Crippen molar-refractivity contribution in [1.82, 2.24) is 5.32 Å². The topological polar surface area (TPSA) is 52.6 Å². The van der Waals surface area contributed by atoms with Gasteiger partial charge >= 0.3 is 5.97 Å². The first-order valence-electron chi connectivity index (χ1n) is 5.13. The Hall–Kier alpha value is -1.62. The van der Waals surface area contributed by atoms with Crippen molar-refractivity contribution in [3.8, 4) is 0 Å². The fourth-order valence-corrected chi connectivity index (χ4v) is 1.80. The van der Waals surface area contributed by atoms with Gasteiger partial charge in [0.15, 0.2) is 0 Å². The number of halogens is 1. The predicted octanol–water partition coefficient (Wildman–Crippen LogP) is 0.689. The van der Waals surface area contributed by atoms with Gasteiger partial charge in [-0.1, -0.05) is 0 Å². The minimum absolute atomic E-state index is 0.284. The van der Waals surface area contributed by atoms with Gasteiger partial charge in [-0.2, -0.15) is 0 Å². The highest BCUT2D eigenvalue weighted by atomic mass is 19.1. The van der Waals surface area contributed by atoms with E-state index in [-0.39, 0.29) is 5.82 Å². The Kier molecular flexibility index (Phi) is 3.05. The van der Waals surface area contributed by atoms with Crippen LogP contribution in [0.2, 0.25) is 0 Å². The van der Waals surface area contributed by atoms with Crippen molar-refractivity contribution in [2.45, 2.75) is 6.04 Å². The Bertz CT molecular complexity index is 380. The van der Waals surface area contributed by atoms with Crippen LogP contribution in [-0.2, 0) is 4.79 Å². The molecule has 1 atom stereocenters. The lowest BCUT2D eigenvalue weighted by Crippen LogP contribution is -2.54. The fourth-order valence-electron chi connectivity index (χ4n) is 1.80. The molecule has 2 rings (SSSR count). The monoisotopic (exact) mass is 224 g/mol. The molecular weight excluding hydrogens is 211 g/mol. The molecule has 0 radical (unpaired) electrons. The van der Waals surface area contributed by atoms with Crippen molar-refractivity contribution in [1.29, 1.82) is 0 Å². The lowest BCUT2D eigenvalue weighted by Gasteiger charge is -2.33. The van der Waals surface area contributed by atoms with Crippen molar-refractivity contribution < 1.29 is 14.3 Å². The molecule has 0 amide bonds. The maximum Gasteiger partial charge on any atom is 0.322 e. The van der Waals surface area contributed by atoms with E-state index in [0.717, 1.165) is 12.2 Å². The number of carboxylic acid groups (broad SMARTS) is 1. The highest BCUT2D eigenvalue weighted by Gasteiger charge is 2.24. The van der Waals surface area contributed by atoms with Gasteiger partial charge in [-0.15, -0.1) is 0 Å².